The van der Waals surface area contributed by atoms with Gasteiger partial charge in [0.15, 0.2) is 17.5 Å². The Morgan fingerprint density at radius 3 is 1.67 bits per heavy atom. The van der Waals surface area contributed by atoms with Crippen molar-refractivity contribution in [1.82, 2.24) is 19.5 Å². The average Bonchev–Trinajstić information content (AvgIpc) is 3.74. The van der Waals surface area contributed by atoms with E-state index >= 15 is 0 Å². The lowest BCUT2D eigenvalue weighted by atomic mass is 9.98. The molecule has 0 bridgehead atoms. The van der Waals surface area contributed by atoms with Gasteiger partial charge in [0, 0.05) is 53.2 Å². The molecule has 0 aliphatic rings. The van der Waals surface area contributed by atoms with Crippen molar-refractivity contribution in [3.05, 3.63) is 169 Å². The molecule has 0 amide bonds. The topological polar surface area (TPSA) is 43.6 Å². The summed E-state index contributed by atoms with van der Waals surface area (Å²) in [7, 11) is 0. The van der Waals surface area contributed by atoms with Gasteiger partial charge in [-0.05, 0) is 60.2 Å². The zero-order valence-electron chi connectivity index (χ0n) is 28.4. The van der Waals surface area contributed by atoms with Gasteiger partial charge in [-0.2, -0.15) is 13.2 Å². The minimum atomic E-state index is -4.46. The number of nitrogens with zero attached hydrogens (tertiary/aromatic N) is 4. The first-order chi connectivity index (χ1) is 26.4. The Balaban J connectivity index is 1.25. The fraction of sp³-hybridized carbons (Fsp3) is 0.0217. The van der Waals surface area contributed by atoms with E-state index in [1.54, 1.807) is 23.5 Å². The summed E-state index contributed by atoms with van der Waals surface area (Å²) >= 11 is 1.77. The smallest absolute Gasteiger partial charge is 0.309 e. The zero-order valence-corrected chi connectivity index (χ0v) is 29.2. The van der Waals surface area contributed by atoms with Crippen LogP contribution in [0.1, 0.15) is 5.56 Å². The van der Waals surface area contributed by atoms with Gasteiger partial charge in [-0.3, -0.25) is 0 Å². The lowest BCUT2D eigenvalue weighted by molar-refractivity contribution is -0.137. The van der Waals surface area contributed by atoms with Crippen molar-refractivity contribution in [2.24, 2.45) is 0 Å². The Kier molecular flexibility index (Phi) is 7.42. The van der Waals surface area contributed by atoms with Crippen LogP contribution in [-0.2, 0) is 6.18 Å². The summed E-state index contributed by atoms with van der Waals surface area (Å²) in [6.45, 7) is 0. The minimum Gasteiger partial charge on any atom is -0.309 e. The van der Waals surface area contributed by atoms with Crippen molar-refractivity contribution in [3.63, 3.8) is 0 Å². The van der Waals surface area contributed by atoms with E-state index in [-0.39, 0.29) is 0 Å². The maximum Gasteiger partial charge on any atom is 0.416 e. The van der Waals surface area contributed by atoms with E-state index in [0.29, 0.717) is 28.6 Å². The van der Waals surface area contributed by atoms with Crippen LogP contribution in [0.15, 0.2) is 164 Å². The van der Waals surface area contributed by atoms with Gasteiger partial charge in [0.1, 0.15) is 0 Å². The zero-order chi connectivity index (χ0) is 36.4. The molecule has 0 fully saturated rings. The number of hydrogen-bond donors (Lipinski definition) is 0. The predicted octanol–water partition coefficient (Wildman–Crippen LogP) is 13.0. The molecule has 0 N–H and O–H groups in total. The summed E-state index contributed by atoms with van der Waals surface area (Å²) in [4.78, 5) is 14.8. The maximum absolute atomic E-state index is 13.8. The summed E-state index contributed by atoms with van der Waals surface area (Å²) in [5, 5.41) is 4.54. The van der Waals surface area contributed by atoms with Gasteiger partial charge in [0.2, 0.25) is 0 Å². The predicted molar refractivity (Wildman–Crippen MR) is 214 cm³/mol. The summed E-state index contributed by atoms with van der Waals surface area (Å²) in [5.74, 6) is 1.50. The van der Waals surface area contributed by atoms with Crippen molar-refractivity contribution in [2.45, 2.75) is 6.18 Å². The molecule has 0 spiro atoms. The molecule has 258 valence electrons. The molecule has 4 nitrogen and oxygen atoms in total. The van der Waals surface area contributed by atoms with Gasteiger partial charge in [-0.15, -0.1) is 11.3 Å². The summed E-state index contributed by atoms with van der Waals surface area (Å²) in [6.07, 6.45) is -4.46. The Morgan fingerprint density at radius 2 is 1.00 bits per heavy atom. The number of benzene rings is 7. The highest BCUT2D eigenvalue weighted by molar-refractivity contribution is 7.25. The Labute approximate surface area is 311 Å². The summed E-state index contributed by atoms with van der Waals surface area (Å²) < 4.78 is 46.0. The molecule has 3 heterocycles. The highest BCUT2D eigenvalue weighted by Crippen LogP contribution is 2.43. The third kappa shape index (κ3) is 5.42. The quantitative estimate of drug-likeness (QED) is 0.177. The van der Waals surface area contributed by atoms with Crippen LogP contribution < -0.4 is 0 Å². The van der Waals surface area contributed by atoms with Crippen molar-refractivity contribution in [3.8, 4) is 51.0 Å². The van der Waals surface area contributed by atoms with Gasteiger partial charge in [0.25, 0.3) is 0 Å². The third-order valence-corrected chi connectivity index (χ3v) is 11.0. The molecule has 0 atom stereocenters. The Morgan fingerprint density at radius 1 is 0.426 bits per heavy atom. The number of thiophene rings is 1. The molecule has 10 rings (SSSR count). The second kappa shape index (κ2) is 12.5. The van der Waals surface area contributed by atoms with E-state index in [4.69, 9.17) is 15.0 Å². The van der Waals surface area contributed by atoms with Gasteiger partial charge in [0.05, 0.1) is 22.3 Å². The van der Waals surface area contributed by atoms with Crippen LogP contribution in [0, 0.1) is 0 Å². The average molecular weight is 725 g/mol. The van der Waals surface area contributed by atoms with Crippen LogP contribution >= 0.6 is 11.3 Å². The molecule has 0 saturated heterocycles. The molecule has 0 saturated carbocycles. The number of fused-ring (bicyclic) bond motifs is 6. The lowest BCUT2D eigenvalue weighted by Gasteiger charge is -2.17. The molecule has 10 aromatic rings. The Bertz CT molecular complexity index is 2970. The van der Waals surface area contributed by atoms with Crippen LogP contribution in [0.2, 0.25) is 0 Å². The molecule has 7 aromatic carbocycles. The monoisotopic (exact) mass is 724 g/mol. The molecule has 3 aromatic heterocycles. The second-order valence-electron chi connectivity index (χ2n) is 13.2. The number of para-hydroxylation sites is 1. The van der Waals surface area contributed by atoms with E-state index in [0.717, 1.165) is 61.7 Å². The Hall–Kier alpha value is -6.64. The molecular weight excluding hydrogens is 698 g/mol. The van der Waals surface area contributed by atoms with Crippen LogP contribution in [0.5, 0.6) is 0 Å². The molecule has 0 radical (unpaired) electrons. The molecule has 54 heavy (non-hydrogen) atoms. The first-order valence-electron chi connectivity index (χ1n) is 17.4. The SMILES string of the molecule is FC(F)(F)c1ccc(-c2cc(-c3nc(-c4ccccc4)nc(-c4ccccc4)n3)ccc2-n2c3ccccc3c3cc4sc5ccccc5c4cc32)cc1. The van der Waals surface area contributed by atoms with Gasteiger partial charge in [-0.1, -0.05) is 109 Å². The molecule has 0 aliphatic carbocycles. The highest BCUT2D eigenvalue weighted by Gasteiger charge is 2.30. The van der Waals surface area contributed by atoms with Crippen molar-refractivity contribution >= 4 is 53.3 Å². The molecule has 0 unspecified atom stereocenters. The number of alkyl halides is 3. The van der Waals surface area contributed by atoms with Gasteiger partial charge >= 0.3 is 6.18 Å². The van der Waals surface area contributed by atoms with Crippen molar-refractivity contribution in [2.75, 3.05) is 0 Å². The van der Waals surface area contributed by atoms with Crippen LogP contribution in [0.4, 0.5) is 13.2 Å². The second-order valence-corrected chi connectivity index (χ2v) is 14.2. The van der Waals surface area contributed by atoms with Crippen LogP contribution in [-0.4, -0.2) is 19.5 Å². The van der Waals surface area contributed by atoms with Crippen LogP contribution in [0.3, 0.4) is 0 Å². The largest absolute Gasteiger partial charge is 0.416 e. The molecule has 0 aliphatic heterocycles. The van der Waals surface area contributed by atoms with Gasteiger partial charge < -0.3 is 4.57 Å². The number of hydrogen-bond acceptors (Lipinski definition) is 4. The van der Waals surface area contributed by atoms with Crippen molar-refractivity contribution in [1.29, 1.82) is 0 Å². The number of aromatic nitrogens is 4. The normalized spacial score (nSPS) is 12.0. The molecule has 8 heteroatoms. The maximum atomic E-state index is 13.8. The lowest BCUT2D eigenvalue weighted by Crippen LogP contribution is -2.04. The fourth-order valence-corrected chi connectivity index (χ4v) is 8.45. The fourth-order valence-electron chi connectivity index (χ4n) is 7.32. The van der Waals surface area contributed by atoms with Crippen LogP contribution in [0.25, 0.3) is 93.0 Å². The summed E-state index contributed by atoms with van der Waals surface area (Å²) in [5.41, 5.74) is 5.88. The minimum absolute atomic E-state index is 0.455. The first-order valence-corrected chi connectivity index (χ1v) is 18.2. The van der Waals surface area contributed by atoms with Crippen molar-refractivity contribution < 1.29 is 13.2 Å². The van der Waals surface area contributed by atoms with E-state index in [2.05, 4.69) is 53.1 Å². The summed E-state index contributed by atoms with van der Waals surface area (Å²) in [6, 6.07) is 52.1. The standard InChI is InChI=1S/C46H27F3N4S/c47-46(48,49)32-22-19-28(20-23-32)35-25-31(45-51-43(29-11-3-1-4-12-29)50-44(52-45)30-13-5-2-6-14-30)21-24-39(35)53-38-17-9-7-15-33(38)36-27-42-37(26-40(36)53)34-16-8-10-18-41(34)54-42/h1-27H. The van der Waals surface area contributed by atoms with E-state index in [1.807, 2.05) is 91.0 Å². The van der Waals surface area contributed by atoms with E-state index in [1.165, 1.54) is 14.8 Å². The van der Waals surface area contributed by atoms with E-state index < -0.39 is 11.7 Å². The van der Waals surface area contributed by atoms with Gasteiger partial charge in [-0.25, -0.2) is 15.0 Å². The first kappa shape index (κ1) is 32.0. The number of rotatable bonds is 5. The number of halogens is 3. The highest BCUT2D eigenvalue weighted by atomic mass is 32.1. The molecular formula is C46H27F3N4S. The van der Waals surface area contributed by atoms with E-state index in [9.17, 15) is 13.2 Å². The third-order valence-electron chi connectivity index (χ3n) is 9.89.